The van der Waals surface area contributed by atoms with Crippen LogP contribution in [-0.2, 0) is 36.1 Å². The molecule has 0 bridgehead atoms. The van der Waals surface area contributed by atoms with Crippen molar-refractivity contribution in [1.29, 1.82) is 0 Å². The Bertz CT molecular complexity index is 730. The summed E-state index contributed by atoms with van der Waals surface area (Å²) in [5.74, 6) is 0.875. The van der Waals surface area contributed by atoms with E-state index in [-0.39, 0.29) is 34.7 Å². The number of allylic oxidation sites excluding steroid dienone is 8. The van der Waals surface area contributed by atoms with E-state index in [1.165, 1.54) is 26.4 Å². The number of carbonyl (C=O) groups is 2. The van der Waals surface area contributed by atoms with Gasteiger partial charge in [0, 0.05) is 65.4 Å². The van der Waals surface area contributed by atoms with Crippen molar-refractivity contribution in [2.75, 3.05) is 20.8 Å². The van der Waals surface area contributed by atoms with Gasteiger partial charge in [-0.25, -0.2) is 0 Å². The summed E-state index contributed by atoms with van der Waals surface area (Å²) < 4.78 is 10.0. The van der Waals surface area contributed by atoms with Gasteiger partial charge >= 0.3 is 0 Å². The van der Waals surface area contributed by atoms with Crippen molar-refractivity contribution < 1.29 is 36.1 Å². The fourth-order valence-electron chi connectivity index (χ4n) is 2.16. The summed E-state index contributed by atoms with van der Waals surface area (Å²) in [6, 6.07) is 0.0612. The van der Waals surface area contributed by atoms with Gasteiger partial charge in [0.25, 0.3) is 0 Å². The van der Waals surface area contributed by atoms with Gasteiger partial charge in [-0.2, -0.15) is 0 Å². The molecule has 0 aromatic rings. The zero-order valence-corrected chi connectivity index (χ0v) is 15.8. The SMILES string of the molecule is COC1=CC(=O)/C(=C\NCC(C)N/C=C2/C=CC(OC)=CC2=O)C=C1.[67Cu]. The van der Waals surface area contributed by atoms with Gasteiger partial charge in [-0.1, -0.05) is 0 Å². The van der Waals surface area contributed by atoms with Crippen LogP contribution in [0.5, 0.6) is 0 Å². The summed E-state index contributed by atoms with van der Waals surface area (Å²) in [4.78, 5) is 23.7. The average Bonchev–Trinajstić information content (AvgIpc) is 2.61. The molecule has 6 nitrogen and oxygen atoms in total. The van der Waals surface area contributed by atoms with Crippen molar-refractivity contribution in [1.82, 2.24) is 10.6 Å². The molecule has 0 aliphatic heterocycles. The molecule has 0 spiro atoms. The topological polar surface area (TPSA) is 76.7 Å². The molecule has 1 atom stereocenters. The Morgan fingerprint density at radius 1 is 0.923 bits per heavy atom. The molecule has 0 aromatic carbocycles. The quantitative estimate of drug-likeness (QED) is 0.492. The minimum Gasteiger partial charge on any atom is -0.497 e. The fourth-order valence-corrected chi connectivity index (χ4v) is 2.16. The van der Waals surface area contributed by atoms with Crippen LogP contribution >= 0.6 is 0 Å². The van der Waals surface area contributed by atoms with E-state index < -0.39 is 0 Å². The van der Waals surface area contributed by atoms with Gasteiger partial charge in [0.1, 0.15) is 11.5 Å². The Morgan fingerprint density at radius 3 is 1.88 bits per heavy atom. The molecular weight excluding hydrogens is 387 g/mol. The number of carbonyl (C=O) groups excluding carboxylic acids is 2. The number of hydrogen-bond acceptors (Lipinski definition) is 6. The number of nitrogens with one attached hydrogen (secondary N) is 2. The second-order valence-electron chi connectivity index (χ2n) is 5.57. The first-order valence-corrected chi connectivity index (χ1v) is 7.89. The summed E-state index contributed by atoms with van der Waals surface area (Å²) in [7, 11) is 3.05. The third-order valence-electron chi connectivity index (χ3n) is 3.65. The molecule has 2 aliphatic carbocycles. The molecule has 1 unspecified atom stereocenters. The van der Waals surface area contributed by atoms with E-state index in [1.54, 1.807) is 36.7 Å². The minimum atomic E-state index is -0.104. The Kier molecular flexibility index (Phi) is 8.68. The number of methoxy groups -OCH3 is 2. The van der Waals surface area contributed by atoms with E-state index >= 15 is 0 Å². The van der Waals surface area contributed by atoms with Crippen molar-refractivity contribution in [2.45, 2.75) is 13.0 Å². The fraction of sp³-hybridized carbons (Fsp3) is 0.263. The summed E-state index contributed by atoms with van der Waals surface area (Å²) in [6.07, 6.45) is 13.1. The predicted octanol–water partition coefficient (Wildman–Crippen LogP) is 1.66. The van der Waals surface area contributed by atoms with E-state index in [2.05, 4.69) is 10.6 Å². The number of hydrogen-bond donors (Lipinski definition) is 2. The average molecular weight is 409 g/mol. The van der Waals surface area contributed by atoms with E-state index in [0.29, 0.717) is 29.2 Å². The number of ether oxygens (including phenoxy) is 2. The van der Waals surface area contributed by atoms with Crippen molar-refractivity contribution in [3.8, 4) is 0 Å². The van der Waals surface area contributed by atoms with Gasteiger partial charge in [-0.3, -0.25) is 9.59 Å². The van der Waals surface area contributed by atoms with Crippen LogP contribution in [0.2, 0.25) is 0 Å². The molecule has 0 heterocycles. The molecule has 26 heavy (non-hydrogen) atoms. The maximum Gasteiger partial charge on any atom is 0.190 e. The van der Waals surface area contributed by atoms with Crippen LogP contribution in [0.25, 0.3) is 0 Å². The van der Waals surface area contributed by atoms with Crippen LogP contribution < -0.4 is 10.6 Å². The van der Waals surface area contributed by atoms with Gasteiger partial charge < -0.3 is 20.1 Å². The van der Waals surface area contributed by atoms with Gasteiger partial charge in [0.2, 0.25) is 0 Å². The van der Waals surface area contributed by atoms with E-state index in [4.69, 9.17) is 9.47 Å². The first kappa shape index (κ1) is 21.5. The standard InChI is InChI=1S/C19H22N2O4.Cu/c1-13(21-12-15-5-7-17(25-3)9-19(15)23)10-20-11-14-4-6-16(24-2)8-18(14)22;/h4-9,11-13,20-21H,10H2,1-3H3;/b14-11-,15-12-;/i;1+3. The first-order valence-electron chi connectivity index (χ1n) is 7.89. The second kappa shape index (κ2) is 10.5. The molecule has 7 heteroatoms. The van der Waals surface area contributed by atoms with Gasteiger partial charge in [0.05, 0.1) is 14.2 Å². The Morgan fingerprint density at radius 2 is 1.42 bits per heavy atom. The molecular formula is C19H22CuN2O4. The molecule has 1 radical (unpaired) electrons. The van der Waals surface area contributed by atoms with Crippen LogP contribution in [0, 0.1) is 0 Å². The van der Waals surface area contributed by atoms with Crippen molar-refractivity contribution in [2.24, 2.45) is 0 Å². The molecule has 2 rings (SSSR count). The third-order valence-corrected chi connectivity index (χ3v) is 3.65. The molecule has 0 saturated heterocycles. The van der Waals surface area contributed by atoms with Crippen LogP contribution in [0.4, 0.5) is 0 Å². The molecule has 0 amide bonds. The summed E-state index contributed by atoms with van der Waals surface area (Å²) in [6.45, 7) is 2.56. The van der Waals surface area contributed by atoms with Gasteiger partial charge in [-0.05, 0) is 31.2 Å². The molecule has 0 saturated carbocycles. The second-order valence-corrected chi connectivity index (χ2v) is 5.57. The van der Waals surface area contributed by atoms with Crippen LogP contribution in [-0.4, -0.2) is 38.4 Å². The molecule has 0 aromatic heterocycles. The number of rotatable bonds is 7. The summed E-state index contributed by atoms with van der Waals surface area (Å²) in [5.41, 5.74) is 1.13. The maximum absolute atomic E-state index is 11.9. The Balaban J connectivity index is 0.00000338. The predicted molar refractivity (Wildman–Crippen MR) is 95.2 cm³/mol. The molecule has 0 fully saturated rings. The summed E-state index contributed by atoms with van der Waals surface area (Å²) in [5, 5.41) is 6.25. The third kappa shape index (κ3) is 6.10. The normalized spacial score (nSPS) is 20.3. The summed E-state index contributed by atoms with van der Waals surface area (Å²) >= 11 is 0. The Hall–Kier alpha value is -2.50. The van der Waals surface area contributed by atoms with Crippen molar-refractivity contribution in [3.05, 3.63) is 71.5 Å². The zero-order chi connectivity index (χ0) is 18.2. The van der Waals surface area contributed by atoms with Crippen molar-refractivity contribution >= 4 is 11.6 Å². The van der Waals surface area contributed by atoms with E-state index in [0.717, 1.165) is 0 Å². The van der Waals surface area contributed by atoms with Crippen LogP contribution in [0.1, 0.15) is 6.92 Å². The van der Waals surface area contributed by atoms with Crippen LogP contribution in [0.15, 0.2) is 71.5 Å². The maximum atomic E-state index is 11.9. The largest absolute Gasteiger partial charge is 0.497 e. The minimum absolute atomic E-state index is 0. The molecule has 2 aliphatic rings. The number of ketones is 2. The monoisotopic (exact) mass is 409 g/mol. The van der Waals surface area contributed by atoms with Crippen molar-refractivity contribution in [3.63, 3.8) is 0 Å². The Labute approximate surface area is 163 Å². The molecule has 2 N–H and O–H groups in total. The zero-order valence-electron chi connectivity index (χ0n) is 14.8. The van der Waals surface area contributed by atoms with E-state index in [9.17, 15) is 9.59 Å². The first-order chi connectivity index (χ1) is 12.0. The van der Waals surface area contributed by atoms with Gasteiger partial charge in [-0.15, -0.1) is 0 Å². The van der Waals surface area contributed by atoms with Crippen LogP contribution in [0.3, 0.4) is 0 Å². The van der Waals surface area contributed by atoms with E-state index in [1.807, 2.05) is 6.92 Å². The molecule has 143 valence electrons. The smallest absolute Gasteiger partial charge is 0.190 e. The van der Waals surface area contributed by atoms with Gasteiger partial charge in [0.15, 0.2) is 11.6 Å².